The van der Waals surface area contributed by atoms with Crippen molar-refractivity contribution in [1.82, 2.24) is 9.78 Å². The van der Waals surface area contributed by atoms with Crippen molar-refractivity contribution in [3.05, 3.63) is 59.1 Å². The van der Waals surface area contributed by atoms with Crippen molar-refractivity contribution in [2.24, 2.45) is 0 Å². The van der Waals surface area contributed by atoms with Crippen LogP contribution < -0.4 is 15.4 Å². The summed E-state index contributed by atoms with van der Waals surface area (Å²) < 4.78 is 52.1. The van der Waals surface area contributed by atoms with Gasteiger partial charge in [0.15, 0.2) is 11.7 Å². The van der Waals surface area contributed by atoms with Crippen LogP contribution in [0.3, 0.4) is 0 Å². The molecule has 3 aromatic rings. The molecule has 2 unspecified atom stereocenters. The van der Waals surface area contributed by atoms with E-state index in [1.165, 1.54) is 25.5 Å². The van der Waals surface area contributed by atoms with Crippen molar-refractivity contribution < 1.29 is 27.1 Å². The molecule has 4 rings (SSSR count). The maximum atomic E-state index is 13.7. The number of carbonyl (C=O) groups excluding carboxylic acids is 1. The molecule has 0 radical (unpaired) electrons. The zero-order chi connectivity index (χ0) is 21.5. The van der Waals surface area contributed by atoms with Crippen molar-refractivity contribution in [2.75, 3.05) is 17.7 Å². The molecular weight excluding hydrogens is 425 g/mol. The molecule has 3 heterocycles. The Kier molecular flexibility index (Phi) is 5.10. The smallest absolute Gasteiger partial charge is 0.410 e. The molecule has 0 aliphatic carbocycles. The number of ether oxygens (including phenoxy) is 1. The number of anilines is 2. The van der Waals surface area contributed by atoms with E-state index < -0.39 is 24.2 Å². The van der Waals surface area contributed by atoms with Gasteiger partial charge < -0.3 is 19.8 Å². The molecule has 1 aliphatic heterocycles. The Bertz CT molecular complexity index is 1070. The number of amides is 1. The summed E-state index contributed by atoms with van der Waals surface area (Å²) in [6.07, 6.45) is -3.48. The highest BCUT2D eigenvalue weighted by atomic mass is 35.5. The first-order valence-electron chi connectivity index (χ1n) is 8.87. The van der Waals surface area contributed by atoms with E-state index >= 15 is 0 Å². The third-order valence-electron chi connectivity index (χ3n) is 4.72. The molecule has 2 aromatic heterocycles. The first-order chi connectivity index (χ1) is 14.3. The molecule has 158 valence electrons. The molecule has 11 heteroatoms. The third kappa shape index (κ3) is 3.82. The van der Waals surface area contributed by atoms with Gasteiger partial charge in [-0.25, -0.2) is 4.68 Å². The molecule has 1 aromatic carbocycles. The summed E-state index contributed by atoms with van der Waals surface area (Å²) in [7, 11) is 1.45. The molecule has 0 spiro atoms. The van der Waals surface area contributed by atoms with E-state index in [2.05, 4.69) is 15.7 Å². The van der Waals surface area contributed by atoms with Gasteiger partial charge in [0.1, 0.15) is 17.3 Å². The number of aromatic nitrogens is 2. The molecule has 1 aliphatic rings. The molecule has 0 fully saturated rings. The molecular formula is C19H16ClF3N4O3. The van der Waals surface area contributed by atoms with Crippen LogP contribution in [-0.2, 0) is 0 Å². The standard InChI is InChI=1S/C19H16ClF3N4O3/c1-29-14-5-4-10(7-11(14)20)24-18(28)13-9-17-25-12(15-3-2-6-30-15)8-16(19(21,22)23)27(17)26-13/h2-7,9,12,16,25H,8H2,1H3,(H,24,28). The van der Waals surface area contributed by atoms with Gasteiger partial charge in [0, 0.05) is 18.2 Å². The maximum absolute atomic E-state index is 13.7. The first-order valence-corrected chi connectivity index (χ1v) is 9.25. The van der Waals surface area contributed by atoms with Crippen molar-refractivity contribution in [3.63, 3.8) is 0 Å². The van der Waals surface area contributed by atoms with Crippen molar-refractivity contribution in [1.29, 1.82) is 0 Å². The number of fused-ring (bicyclic) bond motifs is 1. The Morgan fingerprint density at radius 1 is 1.37 bits per heavy atom. The van der Waals surface area contributed by atoms with Crippen LogP contribution in [0.4, 0.5) is 24.7 Å². The molecule has 30 heavy (non-hydrogen) atoms. The van der Waals surface area contributed by atoms with Crippen LogP contribution in [0.1, 0.15) is 34.8 Å². The Hall–Kier alpha value is -3.14. The van der Waals surface area contributed by atoms with Crippen molar-refractivity contribution in [3.8, 4) is 5.75 Å². The van der Waals surface area contributed by atoms with E-state index in [9.17, 15) is 18.0 Å². The summed E-state index contributed by atoms with van der Waals surface area (Å²) >= 11 is 6.04. The van der Waals surface area contributed by atoms with Gasteiger partial charge in [-0.05, 0) is 30.3 Å². The van der Waals surface area contributed by atoms with Crippen LogP contribution in [0, 0.1) is 0 Å². The largest absolute Gasteiger partial charge is 0.495 e. The maximum Gasteiger partial charge on any atom is 0.410 e. The Labute approximate surface area is 173 Å². The van der Waals surface area contributed by atoms with Crippen molar-refractivity contribution in [2.45, 2.75) is 24.7 Å². The number of carbonyl (C=O) groups is 1. The summed E-state index contributed by atoms with van der Waals surface area (Å²) in [6.45, 7) is 0. The summed E-state index contributed by atoms with van der Waals surface area (Å²) in [6, 6.07) is 6.45. The number of halogens is 4. The highest BCUT2D eigenvalue weighted by Gasteiger charge is 2.47. The minimum atomic E-state index is -4.55. The van der Waals surface area contributed by atoms with Crippen LogP contribution in [0.5, 0.6) is 5.75 Å². The number of rotatable bonds is 4. The normalized spacial score (nSPS) is 18.4. The molecule has 0 saturated heterocycles. The average molecular weight is 441 g/mol. The Morgan fingerprint density at radius 2 is 2.17 bits per heavy atom. The fourth-order valence-electron chi connectivity index (χ4n) is 3.30. The lowest BCUT2D eigenvalue weighted by molar-refractivity contribution is -0.174. The lowest BCUT2D eigenvalue weighted by atomic mass is 10.0. The second kappa shape index (κ2) is 7.60. The minimum Gasteiger partial charge on any atom is -0.495 e. The van der Waals surface area contributed by atoms with Gasteiger partial charge in [-0.2, -0.15) is 18.3 Å². The second-order valence-electron chi connectivity index (χ2n) is 6.67. The molecule has 7 nitrogen and oxygen atoms in total. The number of methoxy groups -OCH3 is 1. The SMILES string of the molecule is COc1ccc(NC(=O)c2cc3n(n2)C(C(F)(F)F)CC(c2ccco2)N3)cc1Cl. The predicted octanol–water partition coefficient (Wildman–Crippen LogP) is 5.05. The molecule has 0 bridgehead atoms. The van der Waals surface area contributed by atoms with Crippen LogP contribution in [0.15, 0.2) is 47.1 Å². The van der Waals surface area contributed by atoms with E-state index in [1.54, 1.807) is 24.3 Å². The van der Waals surface area contributed by atoms with Crippen LogP contribution in [0.25, 0.3) is 0 Å². The lowest BCUT2D eigenvalue weighted by Crippen LogP contribution is -2.35. The second-order valence-corrected chi connectivity index (χ2v) is 7.08. The number of benzene rings is 1. The van der Waals surface area contributed by atoms with Crippen molar-refractivity contribution >= 4 is 29.0 Å². The van der Waals surface area contributed by atoms with Gasteiger partial charge in [0.25, 0.3) is 5.91 Å². The quantitative estimate of drug-likeness (QED) is 0.593. The highest BCUT2D eigenvalue weighted by molar-refractivity contribution is 6.32. The fraction of sp³-hybridized carbons (Fsp3) is 0.263. The monoisotopic (exact) mass is 440 g/mol. The summed E-state index contributed by atoms with van der Waals surface area (Å²) in [5, 5.41) is 9.70. The number of alkyl halides is 3. The van der Waals surface area contributed by atoms with E-state index in [-0.39, 0.29) is 23.0 Å². The van der Waals surface area contributed by atoms with Gasteiger partial charge in [-0.3, -0.25) is 4.79 Å². The average Bonchev–Trinajstić information content (AvgIpc) is 3.36. The third-order valence-corrected chi connectivity index (χ3v) is 5.01. The van der Waals surface area contributed by atoms with Crippen LogP contribution >= 0.6 is 11.6 Å². The Balaban J connectivity index is 1.61. The van der Waals surface area contributed by atoms with Gasteiger partial charge >= 0.3 is 6.18 Å². The summed E-state index contributed by atoms with van der Waals surface area (Å²) in [5.41, 5.74) is 0.185. The fourth-order valence-corrected chi connectivity index (χ4v) is 3.56. The number of nitrogens with one attached hydrogen (secondary N) is 2. The van der Waals surface area contributed by atoms with E-state index in [0.717, 1.165) is 4.68 Å². The summed E-state index contributed by atoms with van der Waals surface area (Å²) in [4.78, 5) is 12.6. The molecule has 0 saturated carbocycles. The van der Waals surface area contributed by atoms with Gasteiger partial charge in [-0.1, -0.05) is 11.6 Å². The molecule has 2 atom stereocenters. The van der Waals surface area contributed by atoms with Crippen LogP contribution in [-0.4, -0.2) is 29.0 Å². The number of nitrogens with zero attached hydrogens (tertiary/aromatic N) is 2. The van der Waals surface area contributed by atoms with E-state index in [0.29, 0.717) is 17.2 Å². The van der Waals surface area contributed by atoms with Gasteiger partial charge in [0.2, 0.25) is 0 Å². The van der Waals surface area contributed by atoms with Crippen LogP contribution in [0.2, 0.25) is 5.02 Å². The van der Waals surface area contributed by atoms with E-state index in [1.807, 2.05) is 0 Å². The zero-order valence-electron chi connectivity index (χ0n) is 15.5. The van der Waals surface area contributed by atoms with E-state index in [4.69, 9.17) is 20.8 Å². The lowest BCUT2D eigenvalue weighted by Gasteiger charge is -2.32. The number of furan rings is 1. The molecule has 1 amide bonds. The Morgan fingerprint density at radius 3 is 2.80 bits per heavy atom. The summed E-state index contributed by atoms with van der Waals surface area (Å²) in [5.74, 6) is 0.196. The number of hydrogen-bond acceptors (Lipinski definition) is 5. The molecule has 2 N–H and O–H groups in total. The number of hydrogen-bond donors (Lipinski definition) is 2. The predicted molar refractivity (Wildman–Crippen MR) is 103 cm³/mol. The first kappa shape index (κ1) is 20.1. The highest BCUT2D eigenvalue weighted by Crippen LogP contribution is 2.43. The van der Waals surface area contributed by atoms with Gasteiger partial charge in [-0.15, -0.1) is 0 Å². The topological polar surface area (TPSA) is 81.3 Å². The van der Waals surface area contributed by atoms with Gasteiger partial charge in [0.05, 0.1) is 24.4 Å². The zero-order valence-corrected chi connectivity index (χ0v) is 16.3. The minimum absolute atomic E-state index is 0.0721.